The van der Waals surface area contributed by atoms with Gasteiger partial charge in [-0.05, 0) is 39.9 Å². The van der Waals surface area contributed by atoms with Gasteiger partial charge in [0.05, 0.1) is 0 Å². The summed E-state index contributed by atoms with van der Waals surface area (Å²) in [5.41, 5.74) is 0. The summed E-state index contributed by atoms with van der Waals surface area (Å²) >= 11 is 0. The van der Waals surface area contributed by atoms with Crippen LogP contribution in [0, 0.1) is 0 Å². The summed E-state index contributed by atoms with van der Waals surface area (Å²) in [6.45, 7) is 2.94. The van der Waals surface area contributed by atoms with Crippen molar-refractivity contribution in [3.8, 4) is 0 Å². The van der Waals surface area contributed by atoms with Gasteiger partial charge in [-0.1, -0.05) is 6.42 Å². The fraction of sp³-hybridized carbons (Fsp3) is 0.923. The highest BCUT2D eigenvalue weighted by atomic mass is 16.2. The Morgan fingerprint density at radius 1 is 1.35 bits per heavy atom. The Labute approximate surface area is 104 Å². The molecule has 1 N–H and O–H groups in total. The molecule has 2 aliphatic heterocycles. The van der Waals surface area contributed by atoms with E-state index in [-0.39, 0.29) is 0 Å². The Kier molecular flexibility index (Phi) is 4.40. The Hall–Kier alpha value is -0.610. The Morgan fingerprint density at radius 2 is 2.18 bits per heavy atom. The third-order valence-corrected chi connectivity index (χ3v) is 4.08. The molecule has 0 radical (unpaired) electrons. The van der Waals surface area contributed by atoms with Crippen LogP contribution >= 0.6 is 0 Å². The first-order chi connectivity index (χ1) is 8.16. The molecule has 0 aromatic carbocycles. The van der Waals surface area contributed by atoms with Gasteiger partial charge in [-0.3, -0.25) is 4.79 Å². The van der Waals surface area contributed by atoms with Crippen molar-refractivity contribution in [1.29, 1.82) is 0 Å². The maximum Gasteiger partial charge on any atom is 0.224 e. The second-order valence-corrected chi connectivity index (χ2v) is 5.60. The van der Waals surface area contributed by atoms with Crippen molar-refractivity contribution in [2.24, 2.45) is 0 Å². The second kappa shape index (κ2) is 5.83. The van der Waals surface area contributed by atoms with E-state index in [4.69, 9.17) is 0 Å². The molecule has 1 amide bonds. The van der Waals surface area contributed by atoms with Crippen molar-refractivity contribution in [3.63, 3.8) is 0 Å². The van der Waals surface area contributed by atoms with Gasteiger partial charge in [0.25, 0.3) is 0 Å². The smallest absolute Gasteiger partial charge is 0.224 e. The van der Waals surface area contributed by atoms with E-state index in [1.54, 1.807) is 0 Å². The van der Waals surface area contributed by atoms with E-state index >= 15 is 0 Å². The van der Waals surface area contributed by atoms with Gasteiger partial charge in [0, 0.05) is 31.6 Å². The minimum Gasteiger partial charge on any atom is -0.341 e. The van der Waals surface area contributed by atoms with Gasteiger partial charge in [-0.25, -0.2) is 0 Å². The largest absolute Gasteiger partial charge is 0.341 e. The molecular formula is C13H25N3O. The first kappa shape index (κ1) is 12.8. The maximum atomic E-state index is 12.1. The Morgan fingerprint density at radius 3 is 2.76 bits per heavy atom. The summed E-state index contributed by atoms with van der Waals surface area (Å²) in [4.78, 5) is 16.4. The molecule has 0 bridgehead atoms. The Bertz CT molecular complexity index is 261. The van der Waals surface area contributed by atoms with Crippen LogP contribution in [0.15, 0.2) is 0 Å². The van der Waals surface area contributed by atoms with Crippen LogP contribution in [-0.4, -0.2) is 61.5 Å². The molecule has 0 aromatic heterocycles. The molecule has 2 saturated heterocycles. The van der Waals surface area contributed by atoms with Crippen molar-refractivity contribution in [1.82, 2.24) is 15.1 Å². The lowest BCUT2D eigenvalue weighted by atomic mass is 10.0. The minimum absolute atomic E-state index is 0.341. The number of rotatable bonds is 3. The summed E-state index contributed by atoms with van der Waals surface area (Å²) in [5, 5.41) is 3.45. The van der Waals surface area contributed by atoms with E-state index in [9.17, 15) is 4.79 Å². The molecular weight excluding hydrogens is 214 g/mol. The van der Waals surface area contributed by atoms with Gasteiger partial charge in [0.1, 0.15) is 0 Å². The van der Waals surface area contributed by atoms with E-state index in [1.807, 2.05) is 4.90 Å². The Balaban J connectivity index is 1.76. The lowest BCUT2D eigenvalue weighted by Gasteiger charge is -2.26. The summed E-state index contributed by atoms with van der Waals surface area (Å²) in [6, 6.07) is 0.980. The quantitative estimate of drug-likeness (QED) is 0.787. The molecule has 0 aliphatic carbocycles. The van der Waals surface area contributed by atoms with Crippen molar-refractivity contribution >= 4 is 5.91 Å². The van der Waals surface area contributed by atoms with E-state index in [0.717, 1.165) is 32.5 Å². The highest BCUT2D eigenvalue weighted by Crippen LogP contribution is 2.17. The lowest BCUT2D eigenvalue weighted by Crippen LogP contribution is -2.40. The predicted octanol–water partition coefficient (Wildman–Crippen LogP) is 0.681. The SMILES string of the molecule is CN(C)C1CCN(C(=O)CC2CCCCN2)C1. The van der Waals surface area contributed by atoms with E-state index in [1.165, 1.54) is 12.8 Å². The second-order valence-electron chi connectivity index (χ2n) is 5.60. The van der Waals surface area contributed by atoms with E-state index in [0.29, 0.717) is 24.4 Å². The zero-order valence-corrected chi connectivity index (χ0v) is 11.1. The molecule has 2 unspecified atom stereocenters. The third kappa shape index (κ3) is 3.42. The normalized spacial score (nSPS) is 29.9. The number of carbonyl (C=O) groups is 1. The van der Waals surface area contributed by atoms with Crippen LogP contribution in [0.5, 0.6) is 0 Å². The number of piperidine rings is 1. The summed E-state index contributed by atoms with van der Waals surface area (Å²) in [6.07, 6.45) is 5.51. The molecule has 17 heavy (non-hydrogen) atoms. The van der Waals surface area contributed by atoms with Gasteiger partial charge < -0.3 is 15.1 Å². The summed E-state index contributed by atoms with van der Waals surface area (Å²) < 4.78 is 0. The highest BCUT2D eigenvalue weighted by Gasteiger charge is 2.28. The number of nitrogens with zero attached hydrogens (tertiary/aromatic N) is 2. The zero-order chi connectivity index (χ0) is 12.3. The fourth-order valence-electron chi connectivity index (χ4n) is 2.83. The molecule has 4 nitrogen and oxygen atoms in total. The van der Waals surface area contributed by atoms with E-state index in [2.05, 4.69) is 24.3 Å². The minimum atomic E-state index is 0.341. The zero-order valence-electron chi connectivity index (χ0n) is 11.1. The molecule has 0 spiro atoms. The number of carbonyl (C=O) groups excluding carboxylic acids is 1. The van der Waals surface area contributed by atoms with Crippen LogP contribution in [0.25, 0.3) is 0 Å². The topological polar surface area (TPSA) is 35.6 Å². The first-order valence-corrected chi connectivity index (χ1v) is 6.84. The lowest BCUT2D eigenvalue weighted by molar-refractivity contribution is -0.130. The molecule has 4 heteroatoms. The number of nitrogens with one attached hydrogen (secondary N) is 1. The van der Waals surface area contributed by atoms with Crippen LogP contribution in [0.2, 0.25) is 0 Å². The van der Waals surface area contributed by atoms with Crippen LogP contribution in [0.1, 0.15) is 32.1 Å². The summed E-state index contributed by atoms with van der Waals surface area (Å²) in [7, 11) is 4.20. The molecule has 2 aliphatic rings. The number of hydrogen-bond acceptors (Lipinski definition) is 3. The third-order valence-electron chi connectivity index (χ3n) is 4.08. The highest BCUT2D eigenvalue weighted by molar-refractivity contribution is 5.77. The van der Waals surface area contributed by atoms with Crippen molar-refractivity contribution < 1.29 is 4.79 Å². The predicted molar refractivity (Wildman–Crippen MR) is 68.9 cm³/mol. The average molecular weight is 239 g/mol. The molecule has 2 fully saturated rings. The number of hydrogen-bond donors (Lipinski definition) is 1. The van der Waals surface area contributed by atoms with Crippen LogP contribution in [-0.2, 0) is 4.79 Å². The van der Waals surface area contributed by atoms with Crippen LogP contribution in [0.4, 0.5) is 0 Å². The standard InChI is InChI=1S/C13H25N3O/c1-15(2)12-6-8-16(10-12)13(17)9-11-5-3-4-7-14-11/h11-12,14H,3-10H2,1-2H3. The van der Waals surface area contributed by atoms with Crippen molar-refractivity contribution in [2.75, 3.05) is 33.7 Å². The molecule has 0 saturated carbocycles. The van der Waals surface area contributed by atoms with Gasteiger partial charge >= 0.3 is 0 Å². The van der Waals surface area contributed by atoms with E-state index < -0.39 is 0 Å². The molecule has 0 aromatic rings. The molecule has 2 atom stereocenters. The average Bonchev–Trinajstić information content (AvgIpc) is 2.79. The first-order valence-electron chi connectivity index (χ1n) is 6.84. The number of amides is 1. The maximum absolute atomic E-state index is 12.1. The monoisotopic (exact) mass is 239 g/mol. The van der Waals surface area contributed by atoms with Crippen molar-refractivity contribution in [3.05, 3.63) is 0 Å². The van der Waals surface area contributed by atoms with Gasteiger partial charge in [0.2, 0.25) is 5.91 Å². The summed E-state index contributed by atoms with van der Waals surface area (Å²) in [5.74, 6) is 0.341. The van der Waals surface area contributed by atoms with Gasteiger partial charge in [0.15, 0.2) is 0 Å². The van der Waals surface area contributed by atoms with Crippen LogP contribution in [0.3, 0.4) is 0 Å². The molecule has 2 rings (SSSR count). The fourth-order valence-corrected chi connectivity index (χ4v) is 2.83. The molecule has 2 heterocycles. The van der Waals surface area contributed by atoms with Gasteiger partial charge in [-0.15, -0.1) is 0 Å². The van der Waals surface area contributed by atoms with Gasteiger partial charge in [-0.2, -0.15) is 0 Å². The molecule has 98 valence electrons. The van der Waals surface area contributed by atoms with Crippen molar-refractivity contribution in [2.45, 2.75) is 44.2 Å². The number of likely N-dealkylation sites (tertiary alicyclic amines) is 1. The van der Waals surface area contributed by atoms with Crippen LogP contribution < -0.4 is 5.32 Å². The number of likely N-dealkylation sites (N-methyl/N-ethyl adjacent to an activating group) is 1.